The van der Waals surface area contributed by atoms with Crippen LogP contribution in [0.1, 0.15) is 4.88 Å². The molecule has 0 aliphatic heterocycles. The number of halogens is 3. The number of nitrogens with one attached hydrogen (secondary N) is 2. The maximum absolute atomic E-state index is 13.7. The van der Waals surface area contributed by atoms with Crippen LogP contribution in [0, 0.1) is 11.6 Å². The smallest absolute Gasteiger partial charge is 0.262 e. The van der Waals surface area contributed by atoms with Gasteiger partial charge in [-0.1, -0.05) is 0 Å². The van der Waals surface area contributed by atoms with Crippen LogP contribution < -0.4 is 10.0 Å². The molecule has 2 aromatic rings. The maximum Gasteiger partial charge on any atom is 0.262 e. The lowest BCUT2D eigenvalue weighted by atomic mass is 10.3. The van der Waals surface area contributed by atoms with Gasteiger partial charge in [0.05, 0.1) is 15.1 Å². The molecule has 0 radical (unpaired) electrons. The van der Waals surface area contributed by atoms with Crippen molar-refractivity contribution in [3.63, 3.8) is 0 Å². The van der Waals surface area contributed by atoms with Crippen LogP contribution in [0.5, 0.6) is 0 Å². The van der Waals surface area contributed by atoms with Crippen LogP contribution in [-0.2, 0) is 16.6 Å². The normalized spacial score (nSPS) is 11.6. The largest absolute Gasteiger partial charge is 0.315 e. The van der Waals surface area contributed by atoms with Gasteiger partial charge < -0.3 is 5.32 Å². The molecule has 9 heteroatoms. The summed E-state index contributed by atoms with van der Waals surface area (Å²) < 4.78 is 53.3. The van der Waals surface area contributed by atoms with Gasteiger partial charge in [0, 0.05) is 22.9 Å². The van der Waals surface area contributed by atoms with Crippen molar-refractivity contribution in [2.24, 2.45) is 0 Å². The van der Waals surface area contributed by atoms with Crippen molar-refractivity contribution in [3.8, 4) is 0 Å². The second-order valence-corrected chi connectivity index (χ2v) is 7.66. The Bertz CT molecular complexity index is 763. The Labute approximate surface area is 133 Å². The minimum absolute atomic E-state index is 0.0143. The Morgan fingerprint density at radius 3 is 2.62 bits per heavy atom. The highest BCUT2D eigenvalue weighted by molar-refractivity contribution is 9.10. The zero-order valence-corrected chi connectivity index (χ0v) is 14.0. The molecule has 0 aliphatic rings. The number of hydrogen-bond acceptors (Lipinski definition) is 4. The molecule has 0 unspecified atom stereocenters. The molecule has 0 saturated carbocycles. The van der Waals surface area contributed by atoms with Crippen LogP contribution in [0.25, 0.3) is 0 Å². The van der Waals surface area contributed by atoms with E-state index in [0.29, 0.717) is 6.54 Å². The second-order valence-electron chi connectivity index (χ2n) is 4.13. The van der Waals surface area contributed by atoms with Gasteiger partial charge in [0.2, 0.25) is 0 Å². The highest BCUT2D eigenvalue weighted by atomic mass is 79.9. The van der Waals surface area contributed by atoms with Crippen molar-refractivity contribution >= 4 is 43.0 Å². The summed E-state index contributed by atoms with van der Waals surface area (Å²) in [5, 5.41) is 4.35. The van der Waals surface area contributed by atoms with E-state index in [1.807, 2.05) is 4.72 Å². The average Bonchev–Trinajstić information content (AvgIpc) is 2.86. The molecule has 0 spiro atoms. The van der Waals surface area contributed by atoms with Crippen LogP contribution in [0.4, 0.5) is 14.5 Å². The molecule has 2 rings (SSSR count). The highest BCUT2D eigenvalue weighted by Gasteiger charge is 2.19. The number of thiophene rings is 1. The van der Waals surface area contributed by atoms with Crippen molar-refractivity contribution in [2.45, 2.75) is 11.4 Å². The quantitative estimate of drug-likeness (QED) is 0.762. The van der Waals surface area contributed by atoms with Gasteiger partial charge >= 0.3 is 0 Å². The number of sulfonamides is 1. The molecule has 0 amide bonds. The molecular formula is C12H11BrF2N2O2S2. The lowest BCUT2D eigenvalue weighted by Crippen LogP contribution is -2.13. The molecule has 0 aliphatic carbocycles. The van der Waals surface area contributed by atoms with Gasteiger partial charge in [0.1, 0.15) is 11.6 Å². The lowest BCUT2D eigenvalue weighted by molar-refractivity contribution is 0.592. The summed E-state index contributed by atoms with van der Waals surface area (Å²) in [6, 6.07) is 3.14. The van der Waals surface area contributed by atoms with Crippen molar-refractivity contribution < 1.29 is 17.2 Å². The number of benzene rings is 1. The first-order chi connectivity index (χ1) is 9.83. The van der Waals surface area contributed by atoms with Crippen LogP contribution in [-0.4, -0.2) is 15.5 Å². The van der Waals surface area contributed by atoms with E-state index in [-0.39, 0.29) is 9.37 Å². The predicted molar refractivity (Wildman–Crippen MR) is 81.9 cm³/mol. The Morgan fingerprint density at radius 2 is 1.95 bits per heavy atom. The van der Waals surface area contributed by atoms with Gasteiger partial charge in [-0.25, -0.2) is 17.2 Å². The van der Waals surface area contributed by atoms with Crippen molar-refractivity contribution in [2.75, 3.05) is 11.8 Å². The van der Waals surface area contributed by atoms with Gasteiger partial charge in [0.25, 0.3) is 10.0 Å². The molecule has 21 heavy (non-hydrogen) atoms. The van der Waals surface area contributed by atoms with Gasteiger partial charge in [-0.2, -0.15) is 0 Å². The molecule has 0 atom stereocenters. The SMILES string of the molecule is CNCc1cc(S(=O)(=O)Nc2cc(F)c(Br)cc2F)cs1. The predicted octanol–water partition coefficient (Wildman–Crippen LogP) is 3.31. The van der Waals surface area contributed by atoms with Crippen LogP contribution in [0.3, 0.4) is 0 Å². The Morgan fingerprint density at radius 1 is 1.24 bits per heavy atom. The zero-order chi connectivity index (χ0) is 15.6. The average molecular weight is 397 g/mol. The molecule has 0 saturated heterocycles. The van der Waals surface area contributed by atoms with E-state index in [2.05, 4.69) is 21.2 Å². The van der Waals surface area contributed by atoms with Crippen molar-refractivity contribution in [1.82, 2.24) is 5.32 Å². The molecule has 114 valence electrons. The minimum Gasteiger partial charge on any atom is -0.315 e. The molecule has 4 nitrogen and oxygen atoms in total. The summed E-state index contributed by atoms with van der Waals surface area (Å²) in [6.07, 6.45) is 0. The zero-order valence-electron chi connectivity index (χ0n) is 10.8. The van der Waals surface area contributed by atoms with Crippen LogP contribution >= 0.6 is 27.3 Å². The van der Waals surface area contributed by atoms with Crippen LogP contribution in [0.15, 0.2) is 32.9 Å². The Hall–Kier alpha value is -1.03. The van der Waals surface area contributed by atoms with Crippen molar-refractivity contribution in [3.05, 3.63) is 44.6 Å². The monoisotopic (exact) mass is 396 g/mol. The molecule has 1 heterocycles. The number of hydrogen-bond donors (Lipinski definition) is 2. The van der Waals surface area contributed by atoms with E-state index in [0.717, 1.165) is 17.0 Å². The Kier molecular flexibility index (Phi) is 4.97. The molecular weight excluding hydrogens is 386 g/mol. The minimum atomic E-state index is -3.95. The van der Waals surface area contributed by atoms with Crippen molar-refractivity contribution in [1.29, 1.82) is 0 Å². The van der Waals surface area contributed by atoms with Gasteiger partial charge in [0.15, 0.2) is 0 Å². The third kappa shape index (κ3) is 3.79. The van der Waals surface area contributed by atoms with E-state index >= 15 is 0 Å². The summed E-state index contributed by atoms with van der Waals surface area (Å²) in [6.45, 7) is 0.529. The maximum atomic E-state index is 13.7. The molecule has 1 aromatic carbocycles. The fourth-order valence-electron chi connectivity index (χ4n) is 1.57. The van der Waals surface area contributed by atoms with E-state index in [1.165, 1.54) is 22.8 Å². The summed E-state index contributed by atoms with van der Waals surface area (Å²) >= 11 is 4.09. The summed E-state index contributed by atoms with van der Waals surface area (Å²) in [5.74, 6) is -1.62. The first-order valence-electron chi connectivity index (χ1n) is 5.73. The standard InChI is InChI=1S/C12H11BrF2N2O2S2/c1-16-5-7-2-8(6-20-7)21(18,19)17-12-4-10(14)9(13)3-11(12)15/h2-4,6,16-17H,5H2,1H3. The first kappa shape index (κ1) is 16.3. The molecule has 0 bridgehead atoms. The highest BCUT2D eigenvalue weighted by Crippen LogP contribution is 2.27. The fraction of sp³-hybridized carbons (Fsp3) is 0.167. The van der Waals surface area contributed by atoms with E-state index in [9.17, 15) is 17.2 Å². The third-order valence-corrected chi connectivity index (χ3v) is 5.58. The fourth-order valence-corrected chi connectivity index (χ4v) is 4.23. The first-order valence-corrected chi connectivity index (χ1v) is 8.88. The molecule has 1 aromatic heterocycles. The van der Waals surface area contributed by atoms with Gasteiger partial charge in [-0.05, 0) is 35.1 Å². The topological polar surface area (TPSA) is 58.2 Å². The van der Waals surface area contributed by atoms with E-state index < -0.39 is 27.3 Å². The summed E-state index contributed by atoms with van der Waals surface area (Å²) in [7, 11) is -2.21. The summed E-state index contributed by atoms with van der Waals surface area (Å²) in [5.41, 5.74) is -0.433. The van der Waals surface area contributed by atoms with Crippen LogP contribution in [0.2, 0.25) is 0 Å². The number of anilines is 1. The van der Waals surface area contributed by atoms with E-state index in [1.54, 1.807) is 7.05 Å². The van der Waals surface area contributed by atoms with Gasteiger partial charge in [-0.3, -0.25) is 4.72 Å². The third-order valence-electron chi connectivity index (χ3n) is 2.55. The Balaban J connectivity index is 2.30. The summed E-state index contributed by atoms with van der Waals surface area (Å²) in [4.78, 5) is 0.834. The molecule has 2 N–H and O–H groups in total. The lowest BCUT2D eigenvalue weighted by Gasteiger charge is -2.08. The van der Waals surface area contributed by atoms with Gasteiger partial charge in [-0.15, -0.1) is 11.3 Å². The second kappa shape index (κ2) is 6.39. The number of rotatable bonds is 5. The molecule has 0 fully saturated rings. The van der Waals surface area contributed by atoms with E-state index in [4.69, 9.17) is 0 Å².